The van der Waals surface area contributed by atoms with E-state index in [-0.39, 0.29) is 12.6 Å². The molecule has 0 saturated heterocycles. The predicted octanol–water partition coefficient (Wildman–Crippen LogP) is 4.99. The second kappa shape index (κ2) is 11.2. The highest BCUT2D eigenvalue weighted by Crippen LogP contribution is 2.16. The summed E-state index contributed by atoms with van der Waals surface area (Å²) in [6.45, 7) is 1.78. The topological polar surface area (TPSA) is 38.7 Å². The van der Waals surface area contributed by atoms with Gasteiger partial charge in [-0.15, -0.1) is 0 Å². The minimum Gasteiger partial charge on any atom is -0.464 e. The highest BCUT2D eigenvalue weighted by molar-refractivity contribution is 6.13. The number of nitrogens with zero attached hydrogens (tertiary/aromatic N) is 1. The van der Waals surface area contributed by atoms with Crippen molar-refractivity contribution >= 4 is 11.7 Å². The second-order valence-corrected chi connectivity index (χ2v) is 6.02. The van der Waals surface area contributed by atoms with Gasteiger partial charge >= 0.3 is 5.97 Å². The summed E-state index contributed by atoms with van der Waals surface area (Å²) >= 11 is 0. The Bertz CT molecular complexity index is 644. The van der Waals surface area contributed by atoms with E-state index in [1.54, 1.807) is 6.92 Å². The van der Waals surface area contributed by atoms with E-state index in [2.05, 4.69) is 0 Å². The summed E-state index contributed by atoms with van der Waals surface area (Å²) in [5.41, 5.74) is 2.68. The fourth-order valence-electron chi connectivity index (χ4n) is 2.75. The zero-order valence-electron chi connectivity index (χ0n) is 15.2. The smallest absolute Gasteiger partial charge is 0.330 e. The van der Waals surface area contributed by atoms with Crippen molar-refractivity contribution in [1.29, 1.82) is 0 Å². The molecular formula is C22H26FNO2. The molecule has 26 heavy (non-hydrogen) atoms. The summed E-state index contributed by atoms with van der Waals surface area (Å²) in [5.74, 6) is -0.322. The first-order valence-corrected chi connectivity index (χ1v) is 9.17. The third kappa shape index (κ3) is 6.10. The molecule has 138 valence electrons. The van der Waals surface area contributed by atoms with Gasteiger partial charge in [0.1, 0.15) is 6.04 Å². The van der Waals surface area contributed by atoms with Crippen molar-refractivity contribution in [3.05, 3.63) is 71.8 Å². The Morgan fingerprint density at radius 3 is 2.04 bits per heavy atom. The Kier molecular flexibility index (Phi) is 8.53. The number of hydrogen-bond donors (Lipinski definition) is 0. The molecule has 4 heteroatoms. The lowest BCUT2D eigenvalue weighted by molar-refractivity contribution is -0.144. The minimum absolute atomic E-state index is 0.321. The van der Waals surface area contributed by atoms with Crippen molar-refractivity contribution < 1.29 is 13.9 Å². The van der Waals surface area contributed by atoms with Crippen LogP contribution in [-0.4, -0.2) is 31.0 Å². The molecule has 0 saturated carbocycles. The molecule has 0 aliphatic rings. The molecule has 1 unspecified atom stereocenters. The summed E-state index contributed by atoms with van der Waals surface area (Å²) in [4.78, 5) is 17.2. The van der Waals surface area contributed by atoms with Crippen molar-refractivity contribution in [1.82, 2.24) is 0 Å². The number of carbonyl (C=O) groups excluding carboxylic acids is 1. The van der Waals surface area contributed by atoms with Crippen LogP contribution in [0, 0.1) is 0 Å². The van der Waals surface area contributed by atoms with Crippen LogP contribution in [-0.2, 0) is 9.53 Å². The molecule has 0 aromatic heterocycles. The second-order valence-electron chi connectivity index (χ2n) is 6.02. The van der Waals surface area contributed by atoms with Crippen molar-refractivity contribution in [3.63, 3.8) is 0 Å². The van der Waals surface area contributed by atoms with Gasteiger partial charge in [0.25, 0.3) is 0 Å². The van der Waals surface area contributed by atoms with E-state index in [9.17, 15) is 9.18 Å². The lowest BCUT2D eigenvalue weighted by Crippen LogP contribution is -2.24. The minimum atomic E-state index is -0.579. The van der Waals surface area contributed by atoms with Crippen molar-refractivity contribution in [2.75, 3.05) is 13.3 Å². The number of carbonyl (C=O) groups is 1. The Morgan fingerprint density at radius 1 is 0.962 bits per heavy atom. The molecule has 0 radical (unpaired) electrons. The highest BCUT2D eigenvalue weighted by atomic mass is 19.1. The first-order valence-electron chi connectivity index (χ1n) is 9.17. The molecule has 0 amide bonds. The lowest BCUT2D eigenvalue weighted by Gasteiger charge is -2.15. The predicted molar refractivity (Wildman–Crippen MR) is 103 cm³/mol. The van der Waals surface area contributed by atoms with Gasteiger partial charge in [0.05, 0.1) is 19.0 Å². The zero-order valence-corrected chi connectivity index (χ0v) is 15.2. The first kappa shape index (κ1) is 19.8. The molecular weight excluding hydrogens is 329 g/mol. The molecule has 0 aliphatic heterocycles. The zero-order chi connectivity index (χ0) is 18.6. The van der Waals surface area contributed by atoms with Gasteiger partial charge in [-0.25, -0.2) is 4.79 Å². The van der Waals surface area contributed by atoms with Gasteiger partial charge in [-0.2, -0.15) is 0 Å². The Balaban J connectivity index is 2.33. The molecule has 0 heterocycles. The number of unbranched alkanes of at least 4 members (excludes halogenated alkanes) is 2. The van der Waals surface area contributed by atoms with Crippen LogP contribution in [0.2, 0.25) is 0 Å². The van der Waals surface area contributed by atoms with Gasteiger partial charge in [-0.05, 0) is 19.8 Å². The van der Waals surface area contributed by atoms with E-state index in [1.165, 1.54) is 0 Å². The first-order chi connectivity index (χ1) is 12.8. The number of alkyl halides is 1. The van der Waals surface area contributed by atoms with Gasteiger partial charge in [0.2, 0.25) is 0 Å². The van der Waals surface area contributed by atoms with Crippen LogP contribution in [0.5, 0.6) is 0 Å². The molecule has 0 spiro atoms. The van der Waals surface area contributed by atoms with Crippen LogP contribution >= 0.6 is 0 Å². The number of rotatable bonds is 10. The number of aliphatic imine (C=N–C) groups is 1. The Hall–Kier alpha value is -2.49. The van der Waals surface area contributed by atoms with Gasteiger partial charge in [-0.1, -0.05) is 73.5 Å². The van der Waals surface area contributed by atoms with Crippen molar-refractivity contribution in [3.8, 4) is 0 Å². The standard InChI is InChI=1S/C22H26FNO2/c1-2-26-22(25)20(16-10-5-11-17-23)24-21(18-12-6-3-7-13-18)19-14-8-4-9-15-19/h3-4,6-9,12-15,20H,2,5,10-11,16-17H2,1H3. The molecule has 0 aliphatic carbocycles. The molecule has 0 fully saturated rings. The van der Waals surface area contributed by atoms with Crippen LogP contribution in [0.1, 0.15) is 43.7 Å². The van der Waals surface area contributed by atoms with E-state index in [0.29, 0.717) is 19.4 Å². The molecule has 1 atom stereocenters. The average molecular weight is 355 g/mol. The van der Waals surface area contributed by atoms with Gasteiger partial charge < -0.3 is 4.74 Å². The highest BCUT2D eigenvalue weighted by Gasteiger charge is 2.20. The number of halogens is 1. The number of ether oxygens (including phenoxy) is 1. The normalized spacial score (nSPS) is 11.6. The van der Waals surface area contributed by atoms with E-state index >= 15 is 0 Å². The summed E-state index contributed by atoms with van der Waals surface area (Å²) in [6.07, 6.45) is 2.56. The quantitative estimate of drug-likeness (QED) is 0.342. The third-order valence-electron chi connectivity index (χ3n) is 4.05. The van der Waals surface area contributed by atoms with Crippen LogP contribution in [0.3, 0.4) is 0 Å². The Labute approximate surface area is 154 Å². The van der Waals surface area contributed by atoms with Crippen molar-refractivity contribution in [2.24, 2.45) is 4.99 Å². The molecule has 0 bridgehead atoms. The number of benzene rings is 2. The van der Waals surface area contributed by atoms with Crippen molar-refractivity contribution in [2.45, 2.75) is 38.6 Å². The fraction of sp³-hybridized carbons (Fsp3) is 0.364. The molecule has 3 nitrogen and oxygen atoms in total. The maximum absolute atomic E-state index is 12.4. The monoisotopic (exact) mass is 355 g/mol. The maximum atomic E-state index is 12.4. The fourth-order valence-corrected chi connectivity index (χ4v) is 2.75. The summed E-state index contributed by atoms with van der Waals surface area (Å²) in [5, 5.41) is 0. The molecule has 0 N–H and O–H groups in total. The number of hydrogen-bond acceptors (Lipinski definition) is 3. The van der Waals surface area contributed by atoms with E-state index < -0.39 is 6.04 Å². The number of esters is 1. The lowest BCUT2D eigenvalue weighted by atomic mass is 10.0. The summed E-state index contributed by atoms with van der Waals surface area (Å²) < 4.78 is 17.5. The van der Waals surface area contributed by atoms with Gasteiger partial charge in [0, 0.05) is 11.1 Å². The third-order valence-corrected chi connectivity index (χ3v) is 4.05. The summed E-state index contributed by atoms with van der Waals surface area (Å²) in [6, 6.07) is 19.1. The van der Waals surface area contributed by atoms with E-state index in [1.807, 2.05) is 60.7 Å². The average Bonchev–Trinajstić information content (AvgIpc) is 2.69. The Morgan fingerprint density at radius 2 is 1.54 bits per heavy atom. The molecule has 2 aromatic rings. The van der Waals surface area contributed by atoms with Gasteiger partial charge in [0.15, 0.2) is 0 Å². The van der Waals surface area contributed by atoms with Crippen LogP contribution in [0.4, 0.5) is 4.39 Å². The molecule has 2 rings (SSSR count). The summed E-state index contributed by atoms with van der Waals surface area (Å²) in [7, 11) is 0. The molecule has 2 aromatic carbocycles. The van der Waals surface area contributed by atoms with E-state index in [4.69, 9.17) is 9.73 Å². The van der Waals surface area contributed by atoms with Crippen LogP contribution < -0.4 is 0 Å². The van der Waals surface area contributed by atoms with Crippen LogP contribution in [0.25, 0.3) is 0 Å². The maximum Gasteiger partial charge on any atom is 0.330 e. The van der Waals surface area contributed by atoms with Crippen LogP contribution in [0.15, 0.2) is 65.7 Å². The largest absolute Gasteiger partial charge is 0.464 e. The van der Waals surface area contributed by atoms with E-state index in [0.717, 1.165) is 29.7 Å². The van der Waals surface area contributed by atoms with Gasteiger partial charge in [-0.3, -0.25) is 9.38 Å². The SMILES string of the molecule is CCOC(=O)C(CCCCCF)N=C(c1ccccc1)c1ccccc1.